The SMILES string of the molecule is Cc1cnc(C(=O)c2cccc3cccnc23)c(C)c1. The molecule has 0 saturated heterocycles. The second kappa shape index (κ2) is 4.85. The molecule has 2 aromatic heterocycles. The van der Waals surface area contributed by atoms with Crippen LogP contribution in [0.25, 0.3) is 10.9 Å². The summed E-state index contributed by atoms with van der Waals surface area (Å²) in [7, 11) is 0. The lowest BCUT2D eigenvalue weighted by Crippen LogP contribution is -2.08. The van der Waals surface area contributed by atoms with Crippen LogP contribution < -0.4 is 0 Å². The van der Waals surface area contributed by atoms with E-state index in [-0.39, 0.29) is 5.78 Å². The number of rotatable bonds is 2. The van der Waals surface area contributed by atoms with Gasteiger partial charge in [0.05, 0.1) is 11.1 Å². The van der Waals surface area contributed by atoms with Crippen LogP contribution in [0.4, 0.5) is 0 Å². The molecule has 0 spiro atoms. The summed E-state index contributed by atoms with van der Waals surface area (Å²) < 4.78 is 0. The van der Waals surface area contributed by atoms with Crippen LogP contribution in [0.3, 0.4) is 0 Å². The average Bonchev–Trinajstić information content (AvgIpc) is 2.46. The zero-order chi connectivity index (χ0) is 14.1. The van der Waals surface area contributed by atoms with Gasteiger partial charge in [0.15, 0.2) is 0 Å². The Kier molecular flexibility index (Phi) is 3.03. The van der Waals surface area contributed by atoms with Crippen LogP contribution in [0.2, 0.25) is 0 Å². The number of benzene rings is 1. The maximum Gasteiger partial charge on any atom is 0.213 e. The van der Waals surface area contributed by atoms with Crippen molar-refractivity contribution in [3.63, 3.8) is 0 Å². The molecule has 3 rings (SSSR count). The largest absolute Gasteiger partial charge is 0.287 e. The number of carbonyl (C=O) groups is 1. The fraction of sp³-hybridized carbons (Fsp3) is 0.118. The quantitative estimate of drug-likeness (QED) is 0.664. The van der Waals surface area contributed by atoms with Gasteiger partial charge in [0, 0.05) is 17.8 Å². The third-order valence-corrected chi connectivity index (χ3v) is 3.31. The van der Waals surface area contributed by atoms with E-state index >= 15 is 0 Å². The topological polar surface area (TPSA) is 42.9 Å². The van der Waals surface area contributed by atoms with Crippen molar-refractivity contribution < 1.29 is 4.79 Å². The van der Waals surface area contributed by atoms with Gasteiger partial charge < -0.3 is 0 Å². The van der Waals surface area contributed by atoms with Gasteiger partial charge in [-0.3, -0.25) is 14.8 Å². The molecule has 0 bridgehead atoms. The summed E-state index contributed by atoms with van der Waals surface area (Å²) in [4.78, 5) is 21.3. The molecule has 1 aromatic carbocycles. The van der Waals surface area contributed by atoms with Crippen LogP contribution in [0.1, 0.15) is 27.2 Å². The summed E-state index contributed by atoms with van der Waals surface area (Å²) in [5.74, 6) is -0.0770. The third-order valence-electron chi connectivity index (χ3n) is 3.31. The van der Waals surface area contributed by atoms with Crippen LogP contribution in [0.5, 0.6) is 0 Å². The molecule has 0 fully saturated rings. The van der Waals surface area contributed by atoms with E-state index in [0.29, 0.717) is 11.3 Å². The fourth-order valence-electron chi connectivity index (χ4n) is 2.37. The number of fused-ring (bicyclic) bond motifs is 1. The van der Waals surface area contributed by atoms with E-state index in [2.05, 4.69) is 9.97 Å². The molecule has 0 amide bonds. The number of hydrogen-bond donors (Lipinski definition) is 0. The Hall–Kier alpha value is -2.55. The number of nitrogens with zero attached hydrogens (tertiary/aromatic N) is 2. The summed E-state index contributed by atoms with van der Waals surface area (Å²) in [5, 5.41) is 0.961. The van der Waals surface area contributed by atoms with Gasteiger partial charge in [0.25, 0.3) is 0 Å². The van der Waals surface area contributed by atoms with E-state index in [1.54, 1.807) is 18.5 Å². The molecule has 3 aromatic rings. The first kappa shape index (κ1) is 12.5. The molecule has 0 aliphatic rings. The van der Waals surface area contributed by atoms with Crippen molar-refractivity contribution in [1.82, 2.24) is 9.97 Å². The smallest absolute Gasteiger partial charge is 0.213 e. The van der Waals surface area contributed by atoms with Crippen molar-refractivity contribution in [2.24, 2.45) is 0 Å². The highest BCUT2D eigenvalue weighted by molar-refractivity contribution is 6.15. The van der Waals surface area contributed by atoms with Gasteiger partial charge in [-0.1, -0.05) is 24.3 Å². The number of hydrogen-bond acceptors (Lipinski definition) is 3. The van der Waals surface area contributed by atoms with Gasteiger partial charge >= 0.3 is 0 Å². The van der Waals surface area contributed by atoms with Crippen molar-refractivity contribution in [2.45, 2.75) is 13.8 Å². The fourth-order valence-corrected chi connectivity index (χ4v) is 2.37. The second-order valence-electron chi connectivity index (χ2n) is 4.89. The molecule has 0 saturated carbocycles. The molecule has 2 heterocycles. The molecule has 20 heavy (non-hydrogen) atoms. The molecule has 0 atom stereocenters. The molecule has 98 valence electrons. The Morgan fingerprint density at radius 3 is 2.65 bits per heavy atom. The van der Waals surface area contributed by atoms with Crippen molar-refractivity contribution in [1.29, 1.82) is 0 Å². The minimum atomic E-state index is -0.0770. The molecule has 0 N–H and O–H groups in total. The lowest BCUT2D eigenvalue weighted by Gasteiger charge is -2.07. The normalized spacial score (nSPS) is 10.7. The molecule has 0 unspecified atom stereocenters. The van der Waals surface area contributed by atoms with Crippen molar-refractivity contribution >= 4 is 16.7 Å². The van der Waals surface area contributed by atoms with E-state index < -0.39 is 0 Å². The van der Waals surface area contributed by atoms with Crippen LogP contribution in [0, 0.1) is 13.8 Å². The first-order chi connectivity index (χ1) is 9.66. The Bertz CT molecular complexity index is 804. The molecular weight excluding hydrogens is 248 g/mol. The third kappa shape index (κ3) is 2.07. The van der Waals surface area contributed by atoms with E-state index in [1.165, 1.54) is 0 Å². The van der Waals surface area contributed by atoms with Gasteiger partial charge in [0.2, 0.25) is 5.78 Å². The first-order valence-corrected chi connectivity index (χ1v) is 6.48. The van der Waals surface area contributed by atoms with Gasteiger partial charge in [-0.15, -0.1) is 0 Å². The number of aryl methyl sites for hydroxylation is 2. The maximum absolute atomic E-state index is 12.7. The van der Waals surface area contributed by atoms with Gasteiger partial charge in [-0.05, 0) is 37.1 Å². The Morgan fingerprint density at radius 1 is 1.05 bits per heavy atom. The van der Waals surface area contributed by atoms with Crippen LogP contribution in [0.15, 0.2) is 48.8 Å². The highest BCUT2D eigenvalue weighted by Gasteiger charge is 2.16. The monoisotopic (exact) mass is 262 g/mol. The average molecular weight is 262 g/mol. The predicted octanol–water partition coefficient (Wildman–Crippen LogP) is 3.48. The van der Waals surface area contributed by atoms with Gasteiger partial charge in [0.1, 0.15) is 5.69 Å². The maximum atomic E-state index is 12.7. The lowest BCUT2D eigenvalue weighted by molar-refractivity contribution is 0.103. The molecule has 0 aliphatic carbocycles. The highest BCUT2D eigenvalue weighted by Crippen LogP contribution is 2.20. The predicted molar refractivity (Wildman–Crippen MR) is 78.9 cm³/mol. The molecule has 0 aliphatic heterocycles. The van der Waals surface area contributed by atoms with Crippen molar-refractivity contribution in [2.75, 3.05) is 0 Å². The van der Waals surface area contributed by atoms with Gasteiger partial charge in [-0.25, -0.2) is 0 Å². The minimum absolute atomic E-state index is 0.0770. The highest BCUT2D eigenvalue weighted by atomic mass is 16.1. The summed E-state index contributed by atoms with van der Waals surface area (Å²) in [6.07, 6.45) is 3.42. The summed E-state index contributed by atoms with van der Waals surface area (Å²) >= 11 is 0. The van der Waals surface area contributed by atoms with E-state index in [9.17, 15) is 4.79 Å². The first-order valence-electron chi connectivity index (χ1n) is 6.48. The summed E-state index contributed by atoms with van der Waals surface area (Å²) in [5.41, 5.74) is 3.76. The number of ketones is 1. The number of carbonyl (C=O) groups excluding carboxylic acids is 1. The van der Waals surface area contributed by atoms with Crippen molar-refractivity contribution in [3.8, 4) is 0 Å². The van der Waals surface area contributed by atoms with Gasteiger partial charge in [-0.2, -0.15) is 0 Å². The summed E-state index contributed by atoms with van der Waals surface area (Å²) in [6.45, 7) is 3.87. The Morgan fingerprint density at radius 2 is 1.85 bits per heavy atom. The lowest BCUT2D eigenvalue weighted by atomic mass is 10.0. The number of aromatic nitrogens is 2. The van der Waals surface area contributed by atoms with Crippen molar-refractivity contribution in [3.05, 3.63) is 71.2 Å². The molecule has 3 nitrogen and oxygen atoms in total. The number of para-hydroxylation sites is 1. The van der Waals surface area contributed by atoms with Crippen LogP contribution in [-0.4, -0.2) is 15.8 Å². The van der Waals surface area contributed by atoms with E-state index in [0.717, 1.165) is 22.0 Å². The summed E-state index contributed by atoms with van der Waals surface area (Å²) in [6, 6.07) is 11.4. The Balaban J connectivity index is 2.18. The van der Waals surface area contributed by atoms with E-state index in [4.69, 9.17) is 0 Å². The molecule has 0 radical (unpaired) electrons. The zero-order valence-corrected chi connectivity index (χ0v) is 11.4. The number of pyridine rings is 2. The van der Waals surface area contributed by atoms with Crippen LogP contribution in [-0.2, 0) is 0 Å². The second-order valence-corrected chi connectivity index (χ2v) is 4.89. The minimum Gasteiger partial charge on any atom is -0.287 e. The zero-order valence-electron chi connectivity index (χ0n) is 11.4. The standard InChI is InChI=1S/C17H14N2O/c1-11-9-12(2)15(19-10-11)17(20)14-7-3-5-13-6-4-8-18-16(13)14/h3-10H,1-2H3. The van der Waals surface area contributed by atoms with Crippen LogP contribution >= 0.6 is 0 Å². The van der Waals surface area contributed by atoms with E-state index in [1.807, 2.05) is 44.2 Å². The molecular formula is C17H14N2O. The Labute approximate surface area is 117 Å². The molecule has 3 heteroatoms.